The maximum atomic E-state index is 12.6. The summed E-state index contributed by atoms with van der Waals surface area (Å²) in [6.07, 6.45) is 8.82. The molecule has 3 aliphatic rings. The second-order valence-electron chi connectivity index (χ2n) is 7.36. The Hall–Kier alpha value is -0.750. The zero-order valence-corrected chi connectivity index (χ0v) is 17.1. The van der Waals surface area contributed by atoms with Crippen LogP contribution in [-0.4, -0.2) is 42.1 Å². The van der Waals surface area contributed by atoms with Crippen molar-refractivity contribution < 1.29 is 4.79 Å². The number of carbonyl (C=O) groups is 1. The van der Waals surface area contributed by atoms with Gasteiger partial charge in [0.15, 0.2) is 0 Å². The predicted molar refractivity (Wildman–Crippen MR) is 110 cm³/mol. The Morgan fingerprint density at radius 1 is 1.27 bits per heavy atom. The standard InChI is InChI=1S/C18H25ClN4O.2ClH/c19-14-5-3-8-20-17(14)23-9-7-13(11-23)21-18(24)16-10-12-4-1-2-6-15(12)22-16;;/h3,5,8,12-13,15-16,22H,1-2,4,6-7,9-11H2,(H,21,24);2*1H. The van der Waals surface area contributed by atoms with Gasteiger partial charge in [0.1, 0.15) is 5.82 Å². The van der Waals surface area contributed by atoms with Crippen molar-refractivity contribution >= 4 is 48.1 Å². The lowest BCUT2D eigenvalue weighted by atomic mass is 9.85. The number of rotatable bonds is 3. The maximum Gasteiger partial charge on any atom is 0.237 e. The van der Waals surface area contributed by atoms with Gasteiger partial charge in [0, 0.05) is 31.4 Å². The second kappa shape index (κ2) is 9.45. The fourth-order valence-corrected chi connectivity index (χ4v) is 4.74. The van der Waals surface area contributed by atoms with Gasteiger partial charge in [-0.15, -0.1) is 24.8 Å². The average Bonchev–Trinajstić information content (AvgIpc) is 3.22. The maximum absolute atomic E-state index is 12.6. The number of aromatic nitrogens is 1. The van der Waals surface area contributed by atoms with Crippen LogP contribution < -0.4 is 15.5 Å². The molecule has 1 aromatic heterocycles. The highest BCUT2D eigenvalue weighted by Gasteiger charge is 2.39. The molecule has 4 rings (SSSR count). The number of hydrogen-bond acceptors (Lipinski definition) is 4. The van der Waals surface area contributed by atoms with Crippen LogP contribution in [0.5, 0.6) is 0 Å². The van der Waals surface area contributed by atoms with Crippen molar-refractivity contribution in [3.8, 4) is 0 Å². The van der Waals surface area contributed by atoms with Crippen LogP contribution in [0.25, 0.3) is 0 Å². The molecule has 0 radical (unpaired) electrons. The summed E-state index contributed by atoms with van der Waals surface area (Å²) in [7, 11) is 0. The van der Waals surface area contributed by atoms with Crippen LogP contribution in [0.4, 0.5) is 5.82 Å². The molecular weight excluding hydrogens is 395 g/mol. The quantitative estimate of drug-likeness (QED) is 0.787. The van der Waals surface area contributed by atoms with Crippen molar-refractivity contribution in [1.29, 1.82) is 0 Å². The van der Waals surface area contributed by atoms with Crippen molar-refractivity contribution in [1.82, 2.24) is 15.6 Å². The van der Waals surface area contributed by atoms with Gasteiger partial charge in [0.25, 0.3) is 0 Å². The summed E-state index contributed by atoms with van der Waals surface area (Å²) >= 11 is 6.23. The number of pyridine rings is 1. The van der Waals surface area contributed by atoms with Gasteiger partial charge >= 0.3 is 0 Å². The number of nitrogens with one attached hydrogen (secondary N) is 2. The first kappa shape index (κ1) is 21.5. The van der Waals surface area contributed by atoms with Crippen molar-refractivity contribution in [2.75, 3.05) is 18.0 Å². The Morgan fingerprint density at radius 2 is 2.08 bits per heavy atom. The zero-order valence-electron chi connectivity index (χ0n) is 14.7. The molecule has 0 bridgehead atoms. The smallest absolute Gasteiger partial charge is 0.237 e. The van der Waals surface area contributed by atoms with E-state index in [1.54, 1.807) is 6.20 Å². The van der Waals surface area contributed by atoms with Gasteiger partial charge in [-0.05, 0) is 43.7 Å². The summed E-state index contributed by atoms with van der Waals surface area (Å²) in [5.41, 5.74) is 0. The lowest BCUT2D eigenvalue weighted by Crippen LogP contribution is -2.47. The van der Waals surface area contributed by atoms with Crippen molar-refractivity contribution in [3.05, 3.63) is 23.4 Å². The van der Waals surface area contributed by atoms with E-state index < -0.39 is 0 Å². The fourth-order valence-electron chi connectivity index (χ4n) is 4.50. The number of nitrogens with zero attached hydrogens (tertiary/aromatic N) is 2. The fraction of sp³-hybridized carbons (Fsp3) is 0.667. The minimum absolute atomic E-state index is 0. The van der Waals surface area contributed by atoms with Crippen LogP contribution in [0.1, 0.15) is 38.5 Å². The minimum atomic E-state index is -0.00871. The third kappa shape index (κ3) is 4.56. The number of hydrogen-bond donors (Lipinski definition) is 2. The van der Waals surface area contributed by atoms with Gasteiger partial charge < -0.3 is 15.5 Å². The molecule has 1 aliphatic carbocycles. The molecule has 2 aliphatic heterocycles. The number of carbonyl (C=O) groups excluding carboxylic acids is 1. The molecule has 1 aromatic rings. The molecule has 146 valence electrons. The molecule has 0 spiro atoms. The molecule has 0 aromatic carbocycles. The van der Waals surface area contributed by atoms with E-state index in [1.807, 2.05) is 12.1 Å². The zero-order chi connectivity index (χ0) is 16.5. The third-order valence-electron chi connectivity index (χ3n) is 5.75. The van der Waals surface area contributed by atoms with Gasteiger partial charge in [0.2, 0.25) is 5.91 Å². The summed E-state index contributed by atoms with van der Waals surface area (Å²) < 4.78 is 0. The van der Waals surface area contributed by atoms with Gasteiger partial charge in [0.05, 0.1) is 11.1 Å². The van der Waals surface area contributed by atoms with E-state index in [4.69, 9.17) is 11.6 Å². The summed E-state index contributed by atoms with van der Waals surface area (Å²) in [5, 5.41) is 7.47. The van der Waals surface area contributed by atoms with E-state index >= 15 is 0 Å². The summed E-state index contributed by atoms with van der Waals surface area (Å²) in [6.45, 7) is 1.66. The minimum Gasteiger partial charge on any atom is -0.353 e. The van der Waals surface area contributed by atoms with Crippen LogP contribution in [0.2, 0.25) is 5.02 Å². The highest BCUT2D eigenvalue weighted by Crippen LogP contribution is 2.33. The number of halogens is 3. The number of anilines is 1. The normalized spacial score (nSPS) is 30.1. The summed E-state index contributed by atoms with van der Waals surface area (Å²) in [6, 6.07) is 4.43. The first-order valence-corrected chi connectivity index (χ1v) is 9.50. The highest BCUT2D eigenvalue weighted by atomic mass is 35.5. The predicted octanol–water partition coefficient (Wildman–Crippen LogP) is 3.19. The molecule has 1 amide bonds. The topological polar surface area (TPSA) is 57.3 Å². The summed E-state index contributed by atoms with van der Waals surface area (Å²) in [4.78, 5) is 19.2. The lowest BCUT2D eigenvalue weighted by molar-refractivity contribution is -0.123. The van der Waals surface area contributed by atoms with E-state index in [-0.39, 0.29) is 42.8 Å². The molecule has 3 fully saturated rings. The Bertz CT molecular complexity index is 604. The SMILES string of the molecule is Cl.Cl.O=C(NC1CCN(c2ncccc2Cl)C1)C1CC2CCCCC2N1. The van der Waals surface area contributed by atoms with E-state index in [0.717, 1.165) is 31.7 Å². The Morgan fingerprint density at radius 3 is 2.85 bits per heavy atom. The Kier molecular flexibility index (Phi) is 7.83. The van der Waals surface area contributed by atoms with Gasteiger partial charge in [-0.2, -0.15) is 0 Å². The first-order valence-electron chi connectivity index (χ1n) is 9.12. The van der Waals surface area contributed by atoms with Gasteiger partial charge in [-0.25, -0.2) is 4.98 Å². The first-order chi connectivity index (χ1) is 11.7. The number of fused-ring (bicyclic) bond motifs is 1. The van der Waals surface area contributed by atoms with Crippen molar-refractivity contribution in [3.63, 3.8) is 0 Å². The monoisotopic (exact) mass is 420 g/mol. The molecule has 8 heteroatoms. The van der Waals surface area contributed by atoms with Gasteiger partial charge in [-0.3, -0.25) is 4.79 Å². The Balaban J connectivity index is 0.00000121. The second-order valence-corrected chi connectivity index (χ2v) is 7.76. The Labute approximate surface area is 172 Å². The van der Waals surface area contributed by atoms with E-state index in [0.29, 0.717) is 17.0 Å². The lowest BCUT2D eigenvalue weighted by Gasteiger charge is -2.24. The molecule has 4 unspecified atom stereocenters. The van der Waals surface area contributed by atoms with Crippen molar-refractivity contribution in [2.45, 2.75) is 56.7 Å². The summed E-state index contributed by atoms with van der Waals surface area (Å²) in [5.74, 6) is 1.69. The molecule has 1 saturated carbocycles. The van der Waals surface area contributed by atoms with Crippen LogP contribution in [-0.2, 0) is 4.79 Å². The van der Waals surface area contributed by atoms with E-state index in [1.165, 1.54) is 25.7 Å². The van der Waals surface area contributed by atoms with Crippen LogP contribution in [0.15, 0.2) is 18.3 Å². The molecule has 5 nitrogen and oxygen atoms in total. The molecule has 2 N–H and O–H groups in total. The van der Waals surface area contributed by atoms with Crippen LogP contribution >= 0.6 is 36.4 Å². The van der Waals surface area contributed by atoms with E-state index in [2.05, 4.69) is 20.5 Å². The molecule has 4 atom stereocenters. The highest BCUT2D eigenvalue weighted by molar-refractivity contribution is 6.32. The molecule has 3 heterocycles. The van der Waals surface area contributed by atoms with Crippen molar-refractivity contribution in [2.24, 2.45) is 5.92 Å². The van der Waals surface area contributed by atoms with Gasteiger partial charge in [-0.1, -0.05) is 24.4 Å². The third-order valence-corrected chi connectivity index (χ3v) is 6.05. The average molecular weight is 422 g/mol. The number of amides is 1. The van der Waals surface area contributed by atoms with E-state index in [9.17, 15) is 4.79 Å². The molecular formula is C18H27Cl3N4O. The van der Waals surface area contributed by atoms with Crippen LogP contribution in [0.3, 0.4) is 0 Å². The molecule has 2 saturated heterocycles. The van der Waals surface area contributed by atoms with Crippen LogP contribution in [0, 0.1) is 5.92 Å². The largest absolute Gasteiger partial charge is 0.353 e. The molecule has 26 heavy (non-hydrogen) atoms.